The number of rotatable bonds is 4. The van der Waals surface area contributed by atoms with Gasteiger partial charge in [0, 0.05) is 22.2 Å². The number of phenols is 2. The second kappa shape index (κ2) is 7.87. The monoisotopic (exact) mass is 492 g/mol. The van der Waals surface area contributed by atoms with E-state index in [0.29, 0.717) is 5.02 Å². The van der Waals surface area contributed by atoms with E-state index in [2.05, 4.69) is 0 Å². The number of aromatic hydroxyl groups is 2. The van der Waals surface area contributed by atoms with Crippen molar-refractivity contribution in [2.24, 2.45) is 0 Å². The molecule has 29 heavy (non-hydrogen) atoms. The number of phenolic OH excluding ortho intramolecular Hbond substituents is 2. The first kappa shape index (κ1) is 22.0. The first-order chi connectivity index (χ1) is 13.5. The summed E-state index contributed by atoms with van der Waals surface area (Å²) in [5.41, 5.74) is -0.582. The van der Waals surface area contributed by atoms with Crippen LogP contribution in [0.3, 0.4) is 0 Å². The summed E-state index contributed by atoms with van der Waals surface area (Å²) in [4.78, 5) is 0. The molecule has 10 heteroatoms. The number of para-hydroxylation sites is 1. The highest BCUT2D eigenvalue weighted by Gasteiger charge is 2.52. The lowest BCUT2D eigenvalue weighted by molar-refractivity contribution is 0.440. The van der Waals surface area contributed by atoms with Crippen molar-refractivity contribution in [1.82, 2.24) is 0 Å². The van der Waals surface area contributed by atoms with Gasteiger partial charge in [0.1, 0.15) is 16.5 Å². The first-order valence-corrected chi connectivity index (χ1v) is 10.9. The molecule has 1 unspecified atom stereocenters. The van der Waals surface area contributed by atoms with Crippen LogP contribution >= 0.6 is 46.4 Å². The van der Waals surface area contributed by atoms with Crippen LogP contribution in [0.2, 0.25) is 20.1 Å². The first-order valence-electron chi connectivity index (χ1n) is 7.90. The Balaban J connectivity index is 2.64. The summed E-state index contributed by atoms with van der Waals surface area (Å²) in [5.74, 6) is -0.931. The average Bonchev–Trinajstić information content (AvgIpc) is 2.64. The molecule has 0 bridgehead atoms. The Bertz CT molecular complexity index is 1200. The van der Waals surface area contributed by atoms with E-state index in [1.165, 1.54) is 48.5 Å². The Kier molecular flexibility index (Phi) is 5.98. The van der Waals surface area contributed by atoms with Crippen LogP contribution in [0.25, 0.3) is 0 Å². The molecule has 1 atom stereocenters. The van der Waals surface area contributed by atoms with Crippen molar-refractivity contribution in [1.29, 1.82) is 0 Å². The van der Waals surface area contributed by atoms with Gasteiger partial charge in [-0.1, -0.05) is 76.7 Å². The van der Waals surface area contributed by atoms with Crippen molar-refractivity contribution in [3.63, 3.8) is 0 Å². The van der Waals surface area contributed by atoms with Crippen molar-refractivity contribution in [3.8, 4) is 11.5 Å². The highest BCUT2D eigenvalue weighted by atomic mass is 35.5. The summed E-state index contributed by atoms with van der Waals surface area (Å²) in [6, 6.07) is 12.0. The summed E-state index contributed by atoms with van der Waals surface area (Å²) in [6.07, 6.45) is 0. The molecule has 0 radical (unpaired) electrons. The van der Waals surface area contributed by atoms with Crippen LogP contribution in [0, 0.1) is 0 Å². The fourth-order valence-corrected chi connectivity index (χ4v) is 5.68. The average molecular weight is 494 g/mol. The number of hydrogen-bond acceptors (Lipinski definition) is 4. The van der Waals surface area contributed by atoms with Gasteiger partial charge in [-0.3, -0.25) is 4.55 Å². The Hall–Kier alpha value is -1.67. The molecule has 152 valence electrons. The molecule has 0 heterocycles. The maximum Gasteiger partial charge on any atom is 0.283 e. The second-order valence-corrected chi connectivity index (χ2v) is 9.22. The third-order valence-electron chi connectivity index (χ3n) is 4.41. The van der Waals surface area contributed by atoms with Crippen molar-refractivity contribution in [3.05, 3.63) is 91.4 Å². The van der Waals surface area contributed by atoms with Crippen LogP contribution in [0.15, 0.2) is 54.6 Å². The molecule has 0 fully saturated rings. The molecule has 3 rings (SSSR count). The molecule has 0 aromatic heterocycles. The van der Waals surface area contributed by atoms with E-state index in [1.807, 2.05) is 0 Å². The predicted octanol–water partition coefficient (Wildman–Crippen LogP) is 5.89. The van der Waals surface area contributed by atoms with Gasteiger partial charge in [0.15, 0.2) is 4.75 Å². The highest BCUT2D eigenvalue weighted by Crippen LogP contribution is 2.54. The molecule has 5 nitrogen and oxygen atoms in total. The van der Waals surface area contributed by atoms with Crippen molar-refractivity contribution in [2.75, 3.05) is 0 Å². The fraction of sp³-hybridized carbons (Fsp3) is 0.0526. The van der Waals surface area contributed by atoms with Gasteiger partial charge in [-0.2, -0.15) is 8.42 Å². The molecule has 0 saturated carbocycles. The lowest BCUT2D eigenvalue weighted by atomic mass is 9.83. The number of halogens is 4. The summed E-state index contributed by atoms with van der Waals surface area (Å²) >= 11 is 24.6. The van der Waals surface area contributed by atoms with Crippen molar-refractivity contribution >= 4 is 56.5 Å². The summed E-state index contributed by atoms with van der Waals surface area (Å²) in [5, 5.41) is 19.7. The quantitative estimate of drug-likeness (QED) is 0.239. The zero-order valence-electron chi connectivity index (χ0n) is 14.3. The van der Waals surface area contributed by atoms with Crippen LogP contribution < -0.4 is 0 Å². The minimum atomic E-state index is -5.11. The fourth-order valence-electron chi connectivity index (χ4n) is 3.21. The van der Waals surface area contributed by atoms with Gasteiger partial charge in [0.2, 0.25) is 0 Å². The van der Waals surface area contributed by atoms with E-state index in [4.69, 9.17) is 46.4 Å². The third kappa shape index (κ3) is 3.54. The van der Waals surface area contributed by atoms with Gasteiger partial charge < -0.3 is 10.2 Å². The largest absolute Gasteiger partial charge is 0.508 e. The molecule has 3 N–H and O–H groups in total. The second-order valence-electron chi connectivity index (χ2n) is 6.06. The standard InChI is InChI=1S/C19H12Cl4O5S/c20-11-7-5-10(6-8-11)19(29(26,27)28,12-3-1-2-4-14(12)24)16-13(21)9-15(25)17(22)18(16)23/h1-9,24-25H,(H,26,27,28). The lowest BCUT2D eigenvalue weighted by Gasteiger charge is -2.34. The van der Waals surface area contributed by atoms with Gasteiger partial charge in [-0.15, -0.1) is 0 Å². The van der Waals surface area contributed by atoms with E-state index in [9.17, 15) is 23.2 Å². The van der Waals surface area contributed by atoms with Crippen LogP contribution in [0.5, 0.6) is 11.5 Å². The van der Waals surface area contributed by atoms with Gasteiger partial charge in [-0.25, -0.2) is 0 Å². The summed E-state index contributed by atoms with van der Waals surface area (Å²) in [7, 11) is -5.11. The van der Waals surface area contributed by atoms with Crippen molar-refractivity contribution < 1.29 is 23.2 Å². The molecule has 0 amide bonds. The Morgan fingerprint density at radius 2 is 1.38 bits per heavy atom. The Morgan fingerprint density at radius 1 is 0.793 bits per heavy atom. The molecule has 0 aliphatic heterocycles. The topological polar surface area (TPSA) is 94.8 Å². The van der Waals surface area contributed by atoms with Crippen LogP contribution in [-0.2, 0) is 14.9 Å². The highest BCUT2D eigenvalue weighted by molar-refractivity contribution is 7.87. The molecular weight excluding hydrogens is 482 g/mol. The van der Waals surface area contributed by atoms with E-state index < -0.39 is 31.4 Å². The lowest BCUT2D eigenvalue weighted by Crippen LogP contribution is -2.39. The molecule has 0 aliphatic carbocycles. The van der Waals surface area contributed by atoms with E-state index in [-0.39, 0.29) is 26.7 Å². The van der Waals surface area contributed by atoms with Crippen LogP contribution in [0.1, 0.15) is 16.7 Å². The van der Waals surface area contributed by atoms with E-state index in [1.54, 1.807) is 0 Å². The summed E-state index contributed by atoms with van der Waals surface area (Å²) < 4.78 is 34.0. The Morgan fingerprint density at radius 3 is 1.93 bits per heavy atom. The van der Waals surface area contributed by atoms with Crippen LogP contribution in [0.4, 0.5) is 0 Å². The molecule has 0 saturated heterocycles. The molecule has 3 aromatic carbocycles. The zero-order chi connectivity index (χ0) is 21.6. The number of hydrogen-bond donors (Lipinski definition) is 3. The van der Waals surface area contributed by atoms with Gasteiger partial charge in [0.25, 0.3) is 10.1 Å². The maximum atomic E-state index is 13.0. The van der Waals surface area contributed by atoms with Gasteiger partial charge in [0.05, 0.1) is 10.0 Å². The molecular formula is C19H12Cl4O5S. The Labute approximate surface area is 186 Å². The SMILES string of the molecule is O=S(=O)(O)C(c1ccc(Cl)cc1)(c1ccccc1O)c1c(Cl)cc(O)c(Cl)c1Cl. The van der Waals surface area contributed by atoms with Gasteiger partial charge in [-0.05, 0) is 23.8 Å². The molecule has 0 aliphatic rings. The number of benzene rings is 3. The van der Waals surface area contributed by atoms with Crippen LogP contribution in [-0.4, -0.2) is 23.2 Å². The normalized spacial score (nSPS) is 13.8. The van der Waals surface area contributed by atoms with Gasteiger partial charge >= 0.3 is 0 Å². The summed E-state index contributed by atoms with van der Waals surface area (Å²) in [6.45, 7) is 0. The predicted molar refractivity (Wildman–Crippen MR) is 114 cm³/mol. The van der Waals surface area contributed by atoms with E-state index >= 15 is 0 Å². The minimum Gasteiger partial charge on any atom is -0.508 e. The minimum absolute atomic E-state index is 0.0172. The zero-order valence-corrected chi connectivity index (χ0v) is 18.1. The molecule has 0 spiro atoms. The molecule has 3 aromatic rings. The third-order valence-corrected chi connectivity index (χ3v) is 7.25. The van der Waals surface area contributed by atoms with Crippen molar-refractivity contribution in [2.45, 2.75) is 4.75 Å². The van der Waals surface area contributed by atoms with E-state index in [0.717, 1.165) is 6.07 Å². The smallest absolute Gasteiger partial charge is 0.283 e. The maximum absolute atomic E-state index is 13.0.